The summed E-state index contributed by atoms with van der Waals surface area (Å²) in [5.74, 6) is -1.28. The molecule has 1 N–H and O–H groups in total. The highest BCUT2D eigenvalue weighted by molar-refractivity contribution is 5.90. The molecular formula is C18H21F3INO5. The second kappa shape index (κ2) is 7.97. The Morgan fingerprint density at radius 2 is 2.07 bits per heavy atom. The van der Waals surface area contributed by atoms with E-state index < -0.39 is 23.8 Å². The Balaban J connectivity index is 0.00000280. The molecule has 0 bridgehead atoms. The van der Waals surface area contributed by atoms with Gasteiger partial charge in [0.25, 0.3) is 0 Å². The average molecular weight is 515 g/mol. The number of quaternary nitrogens is 1. The quantitative estimate of drug-likeness (QED) is 0.266. The molecule has 0 radical (unpaired) electrons. The van der Waals surface area contributed by atoms with E-state index in [0.29, 0.717) is 34.7 Å². The summed E-state index contributed by atoms with van der Waals surface area (Å²) in [5.41, 5.74) is 1.64. The van der Waals surface area contributed by atoms with Crippen LogP contribution in [0.3, 0.4) is 0 Å². The Bertz CT molecular complexity index is 807. The second-order valence-corrected chi connectivity index (χ2v) is 7.18. The molecular weight excluding hydrogens is 494 g/mol. The Morgan fingerprint density at radius 1 is 1.39 bits per heavy atom. The number of nitrogens with zero attached hydrogens (tertiary/aromatic N) is 1. The predicted octanol–water partition coefficient (Wildman–Crippen LogP) is 0.0649. The first-order valence-electron chi connectivity index (χ1n) is 8.37. The van der Waals surface area contributed by atoms with Gasteiger partial charge in [-0.1, -0.05) is 0 Å². The molecule has 0 amide bonds. The first-order valence-corrected chi connectivity index (χ1v) is 8.37. The molecule has 6 nitrogen and oxygen atoms in total. The van der Waals surface area contributed by atoms with Gasteiger partial charge in [0.1, 0.15) is 6.04 Å². The summed E-state index contributed by atoms with van der Waals surface area (Å²) < 4.78 is 54.4. The van der Waals surface area contributed by atoms with Crippen LogP contribution in [0.2, 0.25) is 0 Å². The van der Waals surface area contributed by atoms with Crippen molar-refractivity contribution < 1.29 is 65.7 Å². The van der Waals surface area contributed by atoms with E-state index in [0.717, 1.165) is 11.1 Å². The summed E-state index contributed by atoms with van der Waals surface area (Å²) in [5, 5.41) is 9.09. The minimum atomic E-state index is -4.95. The molecule has 2 aliphatic rings. The van der Waals surface area contributed by atoms with E-state index in [2.05, 4.69) is 0 Å². The lowest BCUT2D eigenvalue weighted by atomic mass is 9.86. The predicted molar refractivity (Wildman–Crippen MR) is 88.9 cm³/mol. The summed E-state index contributed by atoms with van der Waals surface area (Å²) >= 11 is 0. The van der Waals surface area contributed by atoms with E-state index in [1.54, 1.807) is 0 Å². The monoisotopic (exact) mass is 515 g/mol. The van der Waals surface area contributed by atoms with E-state index in [1.165, 1.54) is 7.11 Å². The Hall–Kier alpha value is -1.69. The minimum absolute atomic E-state index is 0. The van der Waals surface area contributed by atoms with Gasteiger partial charge in [0.2, 0.25) is 18.3 Å². The van der Waals surface area contributed by atoms with Crippen molar-refractivity contribution >= 4 is 5.78 Å². The number of carbonyl (C=O) groups excluding carboxylic acids is 1. The third-order valence-electron chi connectivity index (χ3n) is 5.06. The molecule has 1 aromatic carbocycles. The van der Waals surface area contributed by atoms with Crippen LogP contribution in [0.4, 0.5) is 13.2 Å². The number of methoxy groups -OCH3 is 1. The highest BCUT2D eigenvalue weighted by atomic mass is 127. The van der Waals surface area contributed by atoms with Crippen LogP contribution >= 0.6 is 0 Å². The van der Waals surface area contributed by atoms with Gasteiger partial charge in [-0.3, -0.25) is 4.79 Å². The maximum Gasteiger partial charge on any atom is 0.448 e. The van der Waals surface area contributed by atoms with Gasteiger partial charge in [-0.2, -0.15) is 13.2 Å². The maximum absolute atomic E-state index is 12.5. The van der Waals surface area contributed by atoms with E-state index in [9.17, 15) is 18.0 Å². The molecule has 0 saturated heterocycles. The molecule has 1 aromatic rings. The van der Waals surface area contributed by atoms with Crippen LogP contribution < -0.4 is 38.2 Å². The third kappa shape index (κ3) is 4.17. The van der Waals surface area contributed by atoms with E-state index in [4.69, 9.17) is 19.3 Å². The zero-order valence-corrected chi connectivity index (χ0v) is 17.8. The number of rotatable bonds is 4. The van der Waals surface area contributed by atoms with Gasteiger partial charge in [0, 0.05) is 12.5 Å². The number of benzene rings is 1. The molecule has 0 saturated carbocycles. The number of halogens is 4. The van der Waals surface area contributed by atoms with Gasteiger partial charge in [-0.25, -0.2) is 0 Å². The zero-order valence-electron chi connectivity index (χ0n) is 15.6. The number of carbonyl (C=O) groups is 1. The molecule has 0 aromatic heterocycles. The van der Waals surface area contributed by atoms with Crippen LogP contribution in [0, 0.1) is 0 Å². The maximum atomic E-state index is 12.5. The van der Waals surface area contributed by atoms with Crippen molar-refractivity contribution in [2.45, 2.75) is 25.1 Å². The lowest BCUT2D eigenvalue weighted by molar-refractivity contribution is -0.922. The van der Waals surface area contributed by atoms with E-state index in [1.807, 2.05) is 20.2 Å². The molecule has 28 heavy (non-hydrogen) atoms. The number of fused-ring (bicyclic) bond motifs is 2. The largest absolute Gasteiger partial charge is 1.00 e. The minimum Gasteiger partial charge on any atom is -1.00 e. The number of aliphatic hydroxyl groups excluding tert-OH is 1. The number of likely N-dealkylation sites (N-methyl/N-ethyl adjacent to an activating group) is 1. The molecule has 156 valence electrons. The highest BCUT2D eigenvalue weighted by Crippen LogP contribution is 2.51. The van der Waals surface area contributed by atoms with E-state index in [-0.39, 0.29) is 43.3 Å². The van der Waals surface area contributed by atoms with Gasteiger partial charge in [0.05, 0.1) is 39.7 Å². The number of hydrogen-bond donors (Lipinski definition) is 1. The molecule has 2 heterocycles. The Kier molecular flexibility index (Phi) is 6.44. The number of aliphatic hydroxyl groups is 1. The number of hydrogen-bond acceptors (Lipinski definition) is 5. The summed E-state index contributed by atoms with van der Waals surface area (Å²) in [6.45, 7) is 0.737. The standard InChI is InChI=1S/C18H20F3NO5.HI/c1-22(2)5-4-10-6-13-16(27-9-26-13)17(25-3)15(10)12(22)7-11(23)8-14(24)18(19,20)21;/h6,8,12H,4-5,7,9H2,1-3H3;1H. The molecule has 3 rings (SSSR count). The van der Waals surface area contributed by atoms with Crippen molar-refractivity contribution in [2.24, 2.45) is 0 Å². The zero-order chi connectivity index (χ0) is 20.0. The van der Waals surface area contributed by atoms with Crippen molar-refractivity contribution in [1.29, 1.82) is 0 Å². The molecule has 0 fully saturated rings. The van der Waals surface area contributed by atoms with Gasteiger partial charge in [0.15, 0.2) is 17.3 Å². The summed E-state index contributed by atoms with van der Waals surface area (Å²) in [6.07, 6.45) is -4.22. The molecule has 1 atom stereocenters. The fraction of sp³-hybridized carbons (Fsp3) is 0.500. The summed E-state index contributed by atoms with van der Waals surface area (Å²) in [4.78, 5) is 12.3. The van der Waals surface area contributed by atoms with Crippen molar-refractivity contribution in [2.75, 3.05) is 34.5 Å². The Labute approximate surface area is 177 Å². The van der Waals surface area contributed by atoms with Gasteiger partial charge in [-0.05, 0) is 11.6 Å². The fourth-order valence-electron chi connectivity index (χ4n) is 3.60. The van der Waals surface area contributed by atoms with Gasteiger partial charge in [-0.15, -0.1) is 0 Å². The van der Waals surface area contributed by atoms with Crippen LogP contribution in [0.1, 0.15) is 23.6 Å². The lowest BCUT2D eigenvalue weighted by Crippen LogP contribution is -3.00. The van der Waals surface area contributed by atoms with Crippen LogP contribution in [0.5, 0.6) is 17.2 Å². The van der Waals surface area contributed by atoms with Gasteiger partial charge >= 0.3 is 6.18 Å². The molecule has 0 spiro atoms. The third-order valence-corrected chi connectivity index (χ3v) is 5.06. The Morgan fingerprint density at radius 3 is 2.68 bits per heavy atom. The number of ketones is 1. The van der Waals surface area contributed by atoms with Crippen molar-refractivity contribution in [3.8, 4) is 17.2 Å². The SMILES string of the molecule is COc1c2c(cc3c1C(CC(=O)/C=C(/O)C(F)(F)F)[N+](C)(C)CC3)OCO2.[I-]. The molecule has 1 unspecified atom stereocenters. The van der Waals surface area contributed by atoms with Gasteiger partial charge < -0.3 is 47.8 Å². The highest BCUT2D eigenvalue weighted by Gasteiger charge is 2.42. The molecule has 2 aliphatic heterocycles. The van der Waals surface area contributed by atoms with Crippen molar-refractivity contribution in [3.05, 3.63) is 29.0 Å². The van der Waals surface area contributed by atoms with Crippen molar-refractivity contribution in [3.63, 3.8) is 0 Å². The lowest BCUT2D eigenvalue weighted by Gasteiger charge is -2.43. The smallest absolute Gasteiger partial charge is 0.448 e. The van der Waals surface area contributed by atoms with Crippen LogP contribution in [0.15, 0.2) is 17.9 Å². The molecule has 10 heteroatoms. The van der Waals surface area contributed by atoms with E-state index >= 15 is 0 Å². The van der Waals surface area contributed by atoms with Crippen LogP contribution in [0.25, 0.3) is 0 Å². The van der Waals surface area contributed by atoms with Crippen LogP contribution in [-0.4, -0.2) is 56.1 Å². The average Bonchev–Trinajstić information content (AvgIpc) is 3.02. The summed E-state index contributed by atoms with van der Waals surface area (Å²) in [6, 6.07) is 1.38. The van der Waals surface area contributed by atoms with Crippen LogP contribution in [-0.2, 0) is 11.2 Å². The van der Waals surface area contributed by atoms with Crippen molar-refractivity contribution in [1.82, 2.24) is 0 Å². The molecule has 0 aliphatic carbocycles. The number of alkyl halides is 3. The fourth-order valence-corrected chi connectivity index (χ4v) is 3.60. The first-order chi connectivity index (χ1) is 12.5. The summed E-state index contributed by atoms with van der Waals surface area (Å²) in [7, 11) is 5.27. The second-order valence-electron chi connectivity index (χ2n) is 7.18. The first kappa shape index (κ1) is 22.6. The normalized spacial score (nSPS) is 20.2. The topological polar surface area (TPSA) is 65.0 Å². The number of allylic oxidation sites excluding steroid dienone is 2. The number of ether oxygens (including phenoxy) is 3.